The molecule has 1 heterocycles. The van der Waals surface area contributed by atoms with Crippen molar-refractivity contribution >= 4 is 22.7 Å². The lowest BCUT2D eigenvalue weighted by Crippen LogP contribution is -2.74. The summed E-state index contributed by atoms with van der Waals surface area (Å²) in [5, 5.41) is 0. The van der Waals surface area contributed by atoms with E-state index in [0.29, 0.717) is 43.2 Å². The first-order chi connectivity index (χ1) is 19.1. The third kappa shape index (κ3) is 6.00. The van der Waals surface area contributed by atoms with Crippen LogP contribution >= 0.6 is 0 Å². The van der Waals surface area contributed by atoms with Gasteiger partial charge < -0.3 is 4.28 Å². The first kappa shape index (κ1) is 31.8. The van der Waals surface area contributed by atoms with E-state index in [0.717, 1.165) is 18.2 Å². The van der Waals surface area contributed by atoms with Crippen molar-refractivity contribution in [2.45, 2.75) is 51.4 Å². The Labute approximate surface area is 232 Å². The van der Waals surface area contributed by atoms with Gasteiger partial charge in [-0.15, -0.1) is 16.4 Å². The van der Waals surface area contributed by atoms with E-state index in [9.17, 15) is 52.7 Å². The summed E-state index contributed by atoms with van der Waals surface area (Å²) in [6.07, 6.45) is -23.4. The first-order valence-corrected chi connectivity index (χ1v) is 12.6. The Morgan fingerprint density at radius 2 is 0.952 bits per heavy atom. The van der Waals surface area contributed by atoms with E-state index < -0.39 is 58.8 Å². The van der Waals surface area contributed by atoms with Crippen molar-refractivity contribution in [3.63, 3.8) is 0 Å². The number of benzene rings is 3. The summed E-state index contributed by atoms with van der Waals surface area (Å²) in [4.78, 5) is 0. The fraction of sp³-hybridized carbons (Fsp3) is 0.357. The molecule has 1 atom stereocenters. The zero-order valence-electron chi connectivity index (χ0n) is 22.0. The maximum Gasteiger partial charge on any atom is 0.416 e. The lowest BCUT2D eigenvalue weighted by Gasteiger charge is -2.48. The molecule has 1 aliphatic heterocycles. The highest BCUT2D eigenvalue weighted by Gasteiger charge is 2.51. The second kappa shape index (κ2) is 10.5. The van der Waals surface area contributed by atoms with Gasteiger partial charge in [0.1, 0.15) is 0 Å². The number of alkyl halides is 12. The van der Waals surface area contributed by atoms with Gasteiger partial charge in [0.15, 0.2) is 0 Å². The molecule has 0 aromatic heterocycles. The van der Waals surface area contributed by atoms with Crippen LogP contribution in [0.5, 0.6) is 0 Å². The lowest BCUT2D eigenvalue weighted by atomic mass is 9.27. The molecule has 1 nitrogen and oxygen atoms in total. The Hall–Kier alpha value is -3.16. The fourth-order valence-corrected chi connectivity index (χ4v) is 5.83. The second-order valence-corrected chi connectivity index (χ2v) is 10.5. The molecule has 3 aromatic carbocycles. The monoisotopic (exact) mass is 614 g/mol. The molecule has 1 fully saturated rings. The molecule has 1 aliphatic rings. The lowest BCUT2D eigenvalue weighted by molar-refractivity contribution is -0.143. The van der Waals surface area contributed by atoms with Gasteiger partial charge in [-0.3, -0.25) is 0 Å². The van der Waals surface area contributed by atoms with Crippen LogP contribution in [0.2, 0.25) is 0 Å². The van der Waals surface area contributed by atoms with E-state index in [1.165, 1.54) is 13.8 Å². The highest BCUT2D eigenvalue weighted by molar-refractivity contribution is 7.08. The van der Waals surface area contributed by atoms with Crippen LogP contribution in [0.1, 0.15) is 46.2 Å². The van der Waals surface area contributed by atoms with Crippen molar-refractivity contribution < 1.29 is 57.0 Å². The molecule has 4 rings (SSSR count). The average molecular weight is 614 g/mol. The predicted molar refractivity (Wildman–Crippen MR) is 134 cm³/mol. The van der Waals surface area contributed by atoms with Crippen molar-refractivity contribution in [2.75, 3.05) is 13.2 Å². The molecule has 42 heavy (non-hydrogen) atoms. The smallest absolute Gasteiger partial charge is 0.416 e. The molecule has 0 spiro atoms. The Balaban J connectivity index is 2.29. The summed E-state index contributed by atoms with van der Waals surface area (Å²) in [6, 6.07) is 5.43. The molecule has 0 bridgehead atoms. The number of hydrogen-bond donors (Lipinski definition) is 0. The van der Waals surface area contributed by atoms with E-state index in [4.69, 9.17) is 0 Å². The van der Waals surface area contributed by atoms with Gasteiger partial charge in [-0.05, 0) is 32.0 Å². The summed E-state index contributed by atoms with van der Waals surface area (Å²) in [5.41, 5.74) is -7.49. The molecular formula is C28H23BF12O. The normalized spacial score (nSPS) is 17.0. The topological polar surface area (TPSA) is 2.70 Å². The van der Waals surface area contributed by atoms with Crippen molar-refractivity contribution in [2.24, 2.45) is 0 Å². The van der Waals surface area contributed by atoms with Crippen molar-refractivity contribution in [3.05, 3.63) is 88.0 Å². The van der Waals surface area contributed by atoms with Gasteiger partial charge in [0.2, 0.25) is 0 Å². The van der Waals surface area contributed by atoms with Crippen molar-refractivity contribution in [1.29, 1.82) is 0 Å². The minimum atomic E-state index is -5.32. The van der Waals surface area contributed by atoms with Crippen LogP contribution in [0, 0.1) is 13.8 Å². The molecule has 3 aromatic rings. The Bertz CT molecular complexity index is 1430. The van der Waals surface area contributed by atoms with Crippen LogP contribution in [-0.2, 0) is 29.0 Å². The van der Waals surface area contributed by atoms with Gasteiger partial charge in [0.25, 0.3) is 0 Å². The minimum absolute atomic E-state index is 0.0310. The second-order valence-electron chi connectivity index (χ2n) is 10.5. The van der Waals surface area contributed by atoms with Crippen LogP contribution in [0.3, 0.4) is 0 Å². The predicted octanol–water partition coefficient (Wildman–Crippen LogP) is 7.69. The summed E-state index contributed by atoms with van der Waals surface area (Å²) in [6.45, 7) is 2.40. The molecule has 228 valence electrons. The largest absolute Gasteiger partial charge is 0.660 e. The number of rotatable bonds is 4. The van der Waals surface area contributed by atoms with E-state index in [1.54, 1.807) is 0 Å². The fourth-order valence-electron chi connectivity index (χ4n) is 5.83. The van der Waals surface area contributed by atoms with Crippen LogP contribution in [0.15, 0.2) is 54.6 Å². The van der Waals surface area contributed by atoms with E-state index in [1.807, 2.05) is 0 Å². The third-order valence-corrected chi connectivity index (χ3v) is 7.58. The number of hydrogen-bond acceptors (Lipinski definition) is 0. The molecule has 1 unspecified atom stereocenters. The van der Waals surface area contributed by atoms with Gasteiger partial charge in [-0.2, -0.15) is 52.7 Å². The molecule has 0 amide bonds. The molecule has 0 saturated carbocycles. The van der Waals surface area contributed by atoms with Crippen LogP contribution in [-0.4, -0.2) is 19.6 Å². The van der Waals surface area contributed by atoms with Crippen molar-refractivity contribution in [3.8, 4) is 0 Å². The highest BCUT2D eigenvalue weighted by Crippen LogP contribution is 2.38. The molecule has 14 heteroatoms. The molecule has 0 aliphatic carbocycles. The average Bonchev–Trinajstić information content (AvgIpc) is 3.38. The Morgan fingerprint density at radius 3 is 1.40 bits per heavy atom. The van der Waals surface area contributed by atoms with Gasteiger partial charge >= 0.3 is 31.1 Å². The van der Waals surface area contributed by atoms with Gasteiger partial charge in [-0.25, -0.2) is 0 Å². The summed E-state index contributed by atoms with van der Waals surface area (Å²) < 4.78 is 170. The first-order valence-electron chi connectivity index (χ1n) is 12.6. The quantitative estimate of drug-likeness (QED) is 0.161. The van der Waals surface area contributed by atoms with E-state index in [-0.39, 0.29) is 41.3 Å². The number of halogens is 12. The maximum absolute atomic E-state index is 14.0. The highest BCUT2D eigenvalue weighted by atomic mass is 19.4. The SMILES string of the molecule is Cc1cc([B-](c2cc(C(F)(F)F)cc(C(F)(F)F)c2)(c2cc(C(F)(F)F)ccc2C)[O+]2CCCC2)cc(C(F)(F)F)c1. The molecular weight excluding hydrogens is 591 g/mol. The standard InChI is InChI=1S/C28H23BF12O/c1-16-9-19(26(33,34)35)12-22(10-16)29(42-7-3-4-8-42,24-15-18(25(30,31)32)6-5-17(24)2)23-13-20(27(36,37)38)11-21(14-23)28(39,40)41/h5-6,9-15H,3-4,7-8H2,1-2H3. The zero-order valence-corrected chi connectivity index (χ0v) is 22.0. The van der Waals surface area contributed by atoms with Gasteiger partial charge in [0.05, 0.1) is 35.5 Å². The van der Waals surface area contributed by atoms with Gasteiger partial charge in [0, 0.05) is 12.8 Å². The summed E-state index contributed by atoms with van der Waals surface area (Å²) >= 11 is 0. The van der Waals surface area contributed by atoms with Crippen LogP contribution in [0.25, 0.3) is 0 Å². The maximum atomic E-state index is 14.0. The minimum Gasteiger partial charge on any atom is -0.660 e. The Kier molecular flexibility index (Phi) is 7.97. The zero-order chi connectivity index (χ0) is 31.5. The number of aryl methyl sites for hydroxylation is 2. The van der Waals surface area contributed by atoms with Crippen molar-refractivity contribution in [1.82, 2.24) is 0 Å². The summed E-state index contributed by atoms with van der Waals surface area (Å²) in [7, 11) is 0. The van der Waals surface area contributed by atoms with E-state index >= 15 is 0 Å². The Morgan fingerprint density at radius 1 is 0.524 bits per heavy atom. The van der Waals surface area contributed by atoms with Crippen LogP contribution in [0.4, 0.5) is 52.7 Å². The summed E-state index contributed by atoms with van der Waals surface area (Å²) in [5.74, 6) is 0. The van der Waals surface area contributed by atoms with Crippen LogP contribution < -0.4 is 16.4 Å². The third-order valence-electron chi connectivity index (χ3n) is 7.58. The van der Waals surface area contributed by atoms with Gasteiger partial charge in [-0.1, -0.05) is 47.5 Å². The molecule has 0 N–H and O–H groups in total. The molecule has 0 radical (unpaired) electrons. The van der Waals surface area contributed by atoms with E-state index in [2.05, 4.69) is 4.28 Å². The molecule has 1 saturated heterocycles.